The lowest BCUT2D eigenvalue weighted by atomic mass is 10.2. The summed E-state index contributed by atoms with van der Waals surface area (Å²) in [6.07, 6.45) is 0. The maximum absolute atomic E-state index is 11.9. The van der Waals surface area contributed by atoms with Crippen molar-refractivity contribution in [2.24, 2.45) is 5.73 Å². The molecule has 0 saturated carbocycles. The summed E-state index contributed by atoms with van der Waals surface area (Å²) in [6.45, 7) is 0.660. The lowest BCUT2D eigenvalue weighted by Gasteiger charge is -2.07. The van der Waals surface area contributed by atoms with Gasteiger partial charge in [-0.3, -0.25) is 4.79 Å². The van der Waals surface area contributed by atoms with Gasteiger partial charge in [0.05, 0.1) is 11.9 Å². The van der Waals surface area contributed by atoms with Crippen LogP contribution in [0.3, 0.4) is 0 Å². The van der Waals surface area contributed by atoms with Crippen molar-refractivity contribution >= 4 is 23.4 Å². The molecule has 3 aromatic rings. The molecule has 0 radical (unpaired) electrons. The molecule has 3 rings (SSSR count). The first-order chi connectivity index (χ1) is 10.3. The second-order valence-corrected chi connectivity index (χ2v) is 4.71. The van der Waals surface area contributed by atoms with Crippen LogP contribution in [0.2, 0.25) is 0 Å². The molecule has 2 N–H and O–H groups in total. The Morgan fingerprint density at radius 2 is 1.82 bits per heavy atom. The Balaban J connectivity index is 0.00000176. The van der Waals surface area contributed by atoms with Crippen molar-refractivity contribution < 1.29 is 9.15 Å². The van der Waals surface area contributed by atoms with E-state index in [0.717, 1.165) is 5.56 Å². The van der Waals surface area contributed by atoms with Crippen molar-refractivity contribution in [2.75, 3.05) is 0 Å². The monoisotopic (exact) mass is 317 g/mol. The summed E-state index contributed by atoms with van der Waals surface area (Å²) in [5.41, 5.74) is 7.00. The molecule has 22 heavy (non-hydrogen) atoms. The smallest absolute Gasteiger partial charge is 0.193 e. The number of nitrogens with two attached hydrogens (primary N) is 1. The average Bonchev–Trinajstić information content (AvgIpc) is 2.53. The first-order valence-corrected chi connectivity index (χ1v) is 6.70. The van der Waals surface area contributed by atoms with E-state index < -0.39 is 0 Å². The van der Waals surface area contributed by atoms with Crippen LogP contribution in [-0.2, 0) is 13.2 Å². The van der Waals surface area contributed by atoms with E-state index in [1.165, 1.54) is 6.07 Å². The summed E-state index contributed by atoms with van der Waals surface area (Å²) >= 11 is 0. The summed E-state index contributed by atoms with van der Waals surface area (Å²) in [4.78, 5) is 11.9. The molecular weight excluding hydrogens is 302 g/mol. The molecular formula is C17H16ClNO3. The Kier molecular flexibility index (Phi) is 5.20. The van der Waals surface area contributed by atoms with Crippen molar-refractivity contribution in [3.63, 3.8) is 0 Å². The van der Waals surface area contributed by atoms with E-state index in [2.05, 4.69) is 0 Å². The summed E-state index contributed by atoms with van der Waals surface area (Å²) in [7, 11) is 0. The third kappa shape index (κ3) is 3.47. The van der Waals surface area contributed by atoms with Crippen molar-refractivity contribution in [3.8, 4) is 5.75 Å². The molecule has 0 amide bonds. The highest BCUT2D eigenvalue weighted by atomic mass is 35.5. The van der Waals surface area contributed by atoms with E-state index in [-0.39, 0.29) is 24.4 Å². The lowest BCUT2D eigenvalue weighted by molar-refractivity contribution is 0.306. The van der Waals surface area contributed by atoms with Gasteiger partial charge in [0, 0.05) is 12.1 Å². The Morgan fingerprint density at radius 1 is 1.05 bits per heavy atom. The SMILES string of the molecule is Cl.NCc1cc(=O)c2ccc(OCc3ccccc3)cc2o1. The zero-order valence-corrected chi connectivity index (χ0v) is 12.6. The van der Waals surface area contributed by atoms with Gasteiger partial charge in [-0.15, -0.1) is 12.4 Å². The van der Waals surface area contributed by atoms with Crippen LogP contribution in [0.1, 0.15) is 11.3 Å². The molecule has 4 nitrogen and oxygen atoms in total. The number of fused-ring (bicyclic) bond motifs is 1. The minimum Gasteiger partial charge on any atom is -0.489 e. The molecule has 2 aromatic carbocycles. The number of ether oxygens (including phenoxy) is 1. The van der Waals surface area contributed by atoms with Crippen LogP contribution in [0, 0.1) is 0 Å². The molecule has 0 atom stereocenters. The van der Waals surface area contributed by atoms with Gasteiger partial charge in [-0.1, -0.05) is 30.3 Å². The van der Waals surface area contributed by atoms with Gasteiger partial charge in [-0.05, 0) is 17.7 Å². The molecule has 0 aliphatic heterocycles. The molecule has 0 aliphatic carbocycles. The number of halogens is 1. The molecule has 0 unspecified atom stereocenters. The van der Waals surface area contributed by atoms with Crippen molar-refractivity contribution in [1.29, 1.82) is 0 Å². The third-order valence-corrected chi connectivity index (χ3v) is 3.20. The number of hydrogen-bond donors (Lipinski definition) is 1. The van der Waals surface area contributed by atoms with Gasteiger partial charge in [0.2, 0.25) is 0 Å². The summed E-state index contributed by atoms with van der Waals surface area (Å²) < 4.78 is 11.3. The minimum atomic E-state index is -0.0914. The van der Waals surface area contributed by atoms with Crippen LogP contribution in [0.5, 0.6) is 5.75 Å². The van der Waals surface area contributed by atoms with Crippen LogP contribution in [0.15, 0.2) is 63.8 Å². The maximum Gasteiger partial charge on any atom is 0.193 e. The fraction of sp³-hybridized carbons (Fsp3) is 0.118. The van der Waals surface area contributed by atoms with Crippen molar-refractivity contribution in [2.45, 2.75) is 13.2 Å². The minimum absolute atomic E-state index is 0. The highest BCUT2D eigenvalue weighted by Crippen LogP contribution is 2.20. The number of benzene rings is 2. The molecule has 5 heteroatoms. The summed E-state index contributed by atoms with van der Waals surface area (Å²) in [5, 5.41) is 0.527. The fourth-order valence-electron chi connectivity index (χ4n) is 2.12. The molecule has 1 heterocycles. The van der Waals surface area contributed by atoms with Gasteiger partial charge in [0.15, 0.2) is 5.43 Å². The Bertz CT molecular complexity index is 815. The molecule has 1 aromatic heterocycles. The van der Waals surface area contributed by atoms with E-state index >= 15 is 0 Å². The second-order valence-electron chi connectivity index (χ2n) is 4.71. The Hall–Kier alpha value is -2.30. The van der Waals surface area contributed by atoms with E-state index in [1.54, 1.807) is 18.2 Å². The molecule has 0 fully saturated rings. The Labute approximate surface area is 133 Å². The van der Waals surface area contributed by atoms with Crippen LogP contribution in [0.4, 0.5) is 0 Å². The van der Waals surface area contributed by atoms with Crippen molar-refractivity contribution in [3.05, 3.63) is 76.1 Å². The van der Waals surface area contributed by atoms with E-state index in [4.69, 9.17) is 14.9 Å². The predicted molar refractivity (Wildman–Crippen MR) is 88.4 cm³/mol. The van der Waals surface area contributed by atoms with Crippen LogP contribution in [-0.4, -0.2) is 0 Å². The van der Waals surface area contributed by atoms with E-state index in [9.17, 15) is 4.79 Å². The zero-order chi connectivity index (χ0) is 14.7. The number of rotatable bonds is 4. The highest BCUT2D eigenvalue weighted by Gasteiger charge is 2.05. The normalized spacial score (nSPS) is 10.2. The maximum atomic E-state index is 11.9. The van der Waals surface area contributed by atoms with E-state index in [0.29, 0.717) is 29.1 Å². The first kappa shape index (κ1) is 16.1. The highest BCUT2D eigenvalue weighted by molar-refractivity contribution is 5.85. The zero-order valence-electron chi connectivity index (χ0n) is 11.8. The number of hydrogen-bond acceptors (Lipinski definition) is 4. The second kappa shape index (κ2) is 7.11. The topological polar surface area (TPSA) is 65.5 Å². The van der Waals surface area contributed by atoms with Gasteiger partial charge in [0.1, 0.15) is 23.7 Å². The summed E-state index contributed by atoms with van der Waals surface area (Å²) in [6, 6.07) is 16.5. The summed E-state index contributed by atoms with van der Waals surface area (Å²) in [5.74, 6) is 1.12. The van der Waals surface area contributed by atoms with Crippen molar-refractivity contribution in [1.82, 2.24) is 0 Å². The molecule has 0 aliphatic rings. The molecule has 0 saturated heterocycles. The van der Waals surface area contributed by atoms with Gasteiger partial charge >= 0.3 is 0 Å². The standard InChI is InChI=1S/C17H15NO3.ClH/c18-10-14-8-16(19)15-7-6-13(9-17(15)21-14)20-11-12-4-2-1-3-5-12;/h1-9H,10-11,18H2;1H. The quantitative estimate of drug-likeness (QED) is 0.802. The third-order valence-electron chi connectivity index (χ3n) is 3.20. The first-order valence-electron chi connectivity index (χ1n) is 6.70. The van der Waals surface area contributed by atoms with Crippen LogP contribution >= 0.6 is 12.4 Å². The van der Waals surface area contributed by atoms with Gasteiger partial charge in [-0.2, -0.15) is 0 Å². The average molecular weight is 318 g/mol. The molecule has 114 valence electrons. The lowest BCUT2D eigenvalue weighted by Crippen LogP contribution is -2.05. The molecule has 0 bridgehead atoms. The van der Waals surface area contributed by atoms with Gasteiger partial charge < -0.3 is 14.9 Å². The predicted octanol–water partition coefficient (Wildman–Crippen LogP) is 3.25. The van der Waals surface area contributed by atoms with Crippen LogP contribution < -0.4 is 15.9 Å². The molecule has 0 spiro atoms. The largest absolute Gasteiger partial charge is 0.489 e. The van der Waals surface area contributed by atoms with Gasteiger partial charge in [0.25, 0.3) is 0 Å². The van der Waals surface area contributed by atoms with E-state index in [1.807, 2.05) is 30.3 Å². The van der Waals surface area contributed by atoms with Gasteiger partial charge in [-0.25, -0.2) is 0 Å². The fourth-order valence-corrected chi connectivity index (χ4v) is 2.12. The Morgan fingerprint density at radius 3 is 2.55 bits per heavy atom. The van der Waals surface area contributed by atoms with Crippen LogP contribution in [0.25, 0.3) is 11.0 Å².